The minimum absolute atomic E-state index is 0.162. The maximum atomic E-state index is 13.4. The molecule has 0 fully saturated rings. The first kappa shape index (κ1) is 16.3. The number of hydrogen-bond donors (Lipinski definition) is 0. The van der Waals surface area contributed by atoms with E-state index >= 15 is 0 Å². The van der Waals surface area contributed by atoms with Crippen molar-refractivity contribution in [3.05, 3.63) is 84.2 Å². The molecule has 2 aromatic carbocycles. The highest BCUT2D eigenvalue weighted by Crippen LogP contribution is 2.29. The number of fused-ring (bicyclic) bond motifs is 1. The minimum atomic E-state index is -1.57. The van der Waals surface area contributed by atoms with Crippen LogP contribution in [0, 0.1) is 0 Å². The van der Waals surface area contributed by atoms with Gasteiger partial charge in [0.1, 0.15) is 0 Å². The molecule has 0 N–H and O–H groups in total. The predicted octanol–water partition coefficient (Wildman–Crippen LogP) is 6.26. The molecule has 1 heterocycles. The molecule has 0 aliphatic rings. The van der Waals surface area contributed by atoms with E-state index in [2.05, 4.69) is 4.98 Å². The molecular weight excluding hydrogens is 304 g/mol. The molecule has 122 valence electrons. The van der Waals surface area contributed by atoms with Gasteiger partial charge in [0.15, 0.2) is 0 Å². The van der Waals surface area contributed by atoms with Crippen molar-refractivity contribution in [1.29, 1.82) is 0 Å². The number of unbranched alkanes of at least 4 members (excludes halogenated alkanes) is 1. The number of pyridine rings is 1. The van der Waals surface area contributed by atoms with Crippen LogP contribution in [0.15, 0.2) is 73.1 Å². The van der Waals surface area contributed by atoms with E-state index in [1.54, 1.807) is 18.5 Å². The van der Waals surface area contributed by atoms with Crippen LogP contribution in [0.25, 0.3) is 16.3 Å². The summed E-state index contributed by atoms with van der Waals surface area (Å²) >= 11 is 0. The van der Waals surface area contributed by atoms with E-state index in [1.165, 1.54) is 5.56 Å². The van der Waals surface area contributed by atoms with Crippen molar-refractivity contribution < 1.29 is 8.78 Å². The lowest BCUT2D eigenvalue weighted by Gasteiger charge is -2.08. The van der Waals surface area contributed by atoms with Gasteiger partial charge in [-0.3, -0.25) is 4.98 Å². The Labute approximate surface area is 140 Å². The third-order valence-electron chi connectivity index (χ3n) is 4.22. The fraction of sp³-hybridized carbons (Fsp3) is 0.190. The quantitative estimate of drug-likeness (QED) is 0.488. The van der Waals surface area contributed by atoms with Crippen molar-refractivity contribution in [2.24, 2.45) is 0 Å². The lowest BCUT2D eigenvalue weighted by atomic mass is 9.97. The van der Waals surface area contributed by atoms with Crippen LogP contribution < -0.4 is 0 Å². The summed E-state index contributed by atoms with van der Waals surface area (Å²) in [5, 5.41) is 2.06. The van der Waals surface area contributed by atoms with Crippen LogP contribution in [0.5, 0.6) is 0 Å². The Balaban J connectivity index is 1.67. The number of nitrogens with zero attached hydrogens (tertiary/aromatic N) is 1. The molecular formula is C21H19F2N. The second-order valence-corrected chi connectivity index (χ2v) is 5.86. The van der Waals surface area contributed by atoms with Gasteiger partial charge in [0, 0.05) is 18.0 Å². The average molecular weight is 323 g/mol. The molecule has 0 aliphatic carbocycles. The molecule has 1 nitrogen and oxygen atoms in total. The third kappa shape index (κ3) is 4.05. The van der Waals surface area contributed by atoms with Crippen molar-refractivity contribution in [2.75, 3.05) is 0 Å². The SMILES string of the molecule is FC(F)=C(CCCCc1ccncc1)c1ccc2ccccc2c1. The van der Waals surface area contributed by atoms with Gasteiger partial charge in [0.25, 0.3) is 6.08 Å². The normalized spacial score (nSPS) is 10.8. The summed E-state index contributed by atoms with van der Waals surface area (Å²) in [5.74, 6) is 0. The largest absolute Gasteiger partial charge is 0.274 e. The molecule has 3 rings (SSSR count). The zero-order valence-corrected chi connectivity index (χ0v) is 13.4. The Bertz CT molecular complexity index is 837. The van der Waals surface area contributed by atoms with Crippen molar-refractivity contribution in [1.82, 2.24) is 4.98 Å². The van der Waals surface area contributed by atoms with Crippen LogP contribution in [0.4, 0.5) is 8.78 Å². The lowest BCUT2D eigenvalue weighted by Crippen LogP contribution is -1.91. The molecule has 0 unspecified atom stereocenters. The van der Waals surface area contributed by atoms with Gasteiger partial charge >= 0.3 is 0 Å². The zero-order chi connectivity index (χ0) is 16.8. The number of aryl methyl sites for hydroxylation is 1. The monoisotopic (exact) mass is 323 g/mol. The second-order valence-electron chi connectivity index (χ2n) is 5.86. The molecule has 3 aromatic rings. The van der Waals surface area contributed by atoms with Gasteiger partial charge in [0.05, 0.1) is 0 Å². The number of allylic oxidation sites excluding steroid dienone is 1. The summed E-state index contributed by atoms with van der Waals surface area (Å²) in [7, 11) is 0. The summed E-state index contributed by atoms with van der Waals surface area (Å²) in [4.78, 5) is 3.98. The Kier molecular flexibility index (Phi) is 5.32. The van der Waals surface area contributed by atoms with Crippen LogP contribution in [0.2, 0.25) is 0 Å². The van der Waals surface area contributed by atoms with Gasteiger partial charge in [-0.1, -0.05) is 36.4 Å². The van der Waals surface area contributed by atoms with E-state index in [4.69, 9.17) is 0 Å². The second kappa shape index (κ2) is 7.82. The molecule has 0 spiro atoms. The van der Waals surface area contributed by atoms with Gasteiger partial charge in [0.2, 0.25) is 0 Å². The van der Waals surface area contributed by atoms with Gasteiger partial charge < -0.3 is 0 Å². The maximum absolute atomic E-state index is 13.4. The summed E-state index contributed by atoms with van der Waals surface area (Å²) in [6.07, 6.45) is 4.85. The Morgan fingerprint density at radius 2 is 1.58 bits per heavy atom. The molecule has 0 saturated heterocycles. The van der Waals surface area contributed by atoms with Crippen molar-refractivity contribution in [3.63, 3.8) is 0 Å². The van der Waals surface area contributed by atoms with E-state index in [0.717, 1.165) is 30.0 Å². The molecule has 24 heavy (non-hydrogen) atoms. The predicted molar refractivity (Wildman–Crippen MR) is 94.9 cm³/mol. The van der Waals surface area contributed by atoms with E-state index < -0.39 is 6.08 Å². The molecule has 0 saturated carbocycles. The number of hydrogen-bond acceptors (Lipinski definition) is 1. The molecule has 0 bridgehead atoms. The fourth-order valence-corrected chi connectivity index (χ4v) is 2.91. The number of halogens is 2. The Morgan fingerprint density at radius 3 is 2.33 bits per heavy atom. The summed E-state index contributed by atoms with van der Waals surface area (Å²) in [5.41, 5.74) is 1.98. The highest BCUT2D eigenvalue weighted by Gasteiger charge is 2.10. The first-order valence-corrected chi connectivity index (χ1v) is 8.16. The van der Waals surface area contributed by atoms with E-state index in [-0.39, 0.29) is 5.57 Å². The summed E-state index contributed by atoms with van der Waals surface area (Å²) in [6.45, 7) is 0. The fourth-order valence-electron chi connectivity index (χ4n) is 2.91. The highest BCUT2D eigenvalue weighted by atomic mass is 19.3. The summed E-state index contributed by atoms with van der Waals surface area (Å²) in [6, 6.07) is 17.3. The average Bonchev–Trinajstić information content (AvgIpc) is 2.62. The maximum Gasteiger partial charge on any atom is 0.274 e. The zero-order valence-electron chi connectivity index (χ0n) is 13.4. The molecule has 0 radical (unpaired) electrons. The van der Waals surface area contributed by atoms with Gasteiger partial charge in [-0.15, -0.1) is 0 Å². The van der Waals surface area contributed by atoms with Crippen molar-refractivity contribution in [3.8, 4) is 0 Å². The molecule has 0 aliphatic heterocycles. The first-order valence-electron chi connectivity index (χ1n) is 8.16. The standard InChI is InChI=1S/C21H19F2N/c22-21(23)20(8-4-1-5-16-11-13-24-14-12-16)19-10-9-17-6-2-3-7-18(17)15-19/h2-3,6-7,9-15H,1,4-5,8H2. The lowest BCUT2D eigenvalue weighted by molar-refractivity contribution is 0.422. The van der Waals surface area contributed by atoms with Crippen LogP contribution >= 0.6 is 0 Å². The molecule has 3 heteroatoms. The van der Waals surface area contributed by atoms with Crippen LogP contribution in [-0.4, -0.2) is 4.98 Å². The van der Waals surface area contributed by atoms with Crippen LogP contribution in [0.3, 0.4) is 0 Å². The first-order chi connectivity index (χ1) is 11.7. The number of aromatic nitrogens is 1. The Morgan fingerprint density at radius 1 is 0.833 bits per heavy atom. The van der Waals surface area contributed by atoms with E-state index in [0.29, 0.717) is 12.0 Å². The molecule has 1 aromatic heterocycles. The van der Waals surface area contributed by atoms with Gasteiger partial charge in [-0.2, -0.15) is 8.78 Å². The van der Waals surface area contributed by atoms with Crippen molar-refractivity contribution >= 4 is 16.3 Å². The van der Waals surface area contributed by atoms with Gasteiger partial charge in [-0.25, -0.2) is 0 Å². The van der Waals surface area contributed by atoms with Crippen molar-refractivity contribution in [2.45, 2.75) is 25.7 Å². The van der Waals surface area contributed by atoms with Crippen LogP contribution in [-0.2, 0) is 6.42 Å². The van der Waals surface area contributed by atoms with E-state index in [1.807, 2.05) is 48.5 Å². The van der Waals surface area contributed by atoms with Crippen LogP contribution in [0.1, 0.15) is 30.4 Å². The smallest absolute Gasteiger partial charge is 0.265 e. The molecule has 0 atom stereocenters. The van der Waals surface area contributed by atoms with E-state index in [9.17, 15) is 8.78 Å². The highest BCUT2D eigenvalue weighted by molar-refractivity contribution is 5.86. The number of rotatable bonds is 6. The summed E-state index contributed by atoms with van der Waals surface area (Å²) < 4.78 is 26.8. The Hall–Kier alpha value is -2.55. The van der Waals surface area contributed by atoms with Gasteiger partial charge in [-0.05, 0) is 65.8 Å². The topological polar surface area (TPSA) is 12.9 Å². The third-order valence-corrected chi connectivity index (χ3v) is 4.22. The number of benzene rings is 2. The molecule has 0 amide bonds. The minimum Gasteiger partial charge on any atom is -0.265 e.